The smallest absolute Gasteiger partial charge is 0.319 e. The molecule has 1 heterocycles. The predicted molar refractivity (Wildman–Crippen MR) is 59.8 cm³/mol. The Balaban J connectivity index is 2.22. The second-order valence-electron chi connectivity index (χ2n) is 2.98. The van der Waals surface area contributed by atoms with E-state index in [4.69, 9.17) is 4.74 Å². The lowest BCUT2D eigenvalue weighted by atomic mass is 10.5. The molecule has 0 saturated carbocycles. The molecule has 1 aromatic heterocycles. The topological polar surface area (TPSA) is 51.2 Å². The van der Waals surface area contributed by atoms with Crippen molar-refractivity contribution >= 4 is 17.3 Å². The van der Waals surface area contributed by atoms with Crippen molar-refractivity contribution in [3.05, 3.63) is 16.1 Å². The minimum atomic E-state index is -0.210. The zero-order valence-electron chi connectivity index (χ0n) is 9.08. The van der Waals surface area contributed by atoms with Crippen molar-refractivity contribution in [2.45, 2.75) is 26.8 Å². The van der Waals surface area contributed by atoms with Gasteiger partial charge in [0.1, 0.15) is 0 Å². The van der Waals surface area contributed by atoms with Crippen molar-refractivity contribution in [2.75, 3.05) is 13.2 Å². The lowest BCUT2D eigenvalue weighted by Gasteiger charge is -2.02. The number of thiazole rings is 1. The standard InChI is InChI=1S/C10H16N2O2S/c1-3-9-12-6-8(15-9)5-11-7-10(13)14-4-2/h6,11H,3-5,7H2,1-2H3. The van der Waals surface area contributed by atoms with E-state index in [1.165, 1.54) is 0 Å². The molecule has 0 aliphatic carbocycles. The maximum atomic E-state index is 11.0. The summed E-state index contributed by atoms with van der Waals surface area (Å²) in [5, 5.41) is 4.15. The summed E-state index contributed by atoms with van der Waals surface area (Å²) in [6.45, 7) is 5.24. The Morgan fingerprint density at radius 1 is 1.60 bits per heavy atom. The van der Waals surface area contributed by atoms with Crippen LogP contribution < -0.4 is 5.32 Å². The minimum Gasteiger partial charge on any atom is -0.465 e. The molecule has 0 amide bonds. The number of aromatic nitrogens is 1. The zero-order valence-corrected chi connectivity index (χ0v) is 9.89. The Morgan fingerprint density at radius 3 is 3.00 bits per heavy atom. The average Bonchev–Trinajstić information content (AvgIpc) is 2.66. The van der Waals surface area contributed by atoms with E-state index < -0.39 is 0 Å². The van der Waals surface area contributed by atoms with Gasteiger partial charge in [0.2, 0.25) is 0 Å². The summed E-state index contributed by atoms with van der Waals surface area (Å²) in [7, 11) is 0. The number of ether oxygens (including phenoxy) is 1. The summed E-state index contributed by atoms with van der Waals surface area (Å²) < 4.78 is 4.79. The quantitative estimate of drug-likeness (QED) is 0.747. The molecule has 1 aromatic rings. The van der Waals surface area contributed by atoms with Crippen LogP contribution in [0.1, 0.15) is 23.7 Å². The van der Waals surface area contributed by atoms with Gasteiger partial charge in [-0.1, -0.05) is 6.92 Å². The van der Waals surface area contributed by atoms with E-state index in [2.05, 4.69) is 17.2 Å². The first-order valence-electron chi connectivity index (χ1n) is 5.06. The highest BCUT2D eigenvalue weighted by Crippen LogP contribution is 2.12. The van der Waals surface area contributed by atoms with Crippen LogP contribution in [0.15, 0.2) is 6.20 Å². The number of esters is 1. The molecule has 1 N–H and O–H groups in total. The molecule has 0 atom stereocenters. The van der Waals surface area contributed by atoms with Crippen molar-refractivity contribution in [1.29, 1.82) is 0 Å². The average molecular weight is 228 g/mol. The van der Waals surface area contributed by atoms with E-state index in [9.17, 15) is 4.79 Å². The lowest BCUT2D eigenvalue weighted by Crippen LogP contribution is -2.23. The molecule has 0 saturated heterocycles. The van der Waals surface area contributed by atoms with Gasteiger partial charge in [-0.15, -0.1) is 11.3 Å². The van der Waals surface area contributed by atoms with Crippen LogP contribution in [-0.2, 0) is 22.5 Å². The highest BCUT2D eigenvalue weighted by Gasteiger charge is 2.02. The normalized spacial score (nSPS) is 10.3. The van der Waals surface area contributed by atoms with E-state index in [-0.39, 0.29) is 12.5 Å². The monoisotopic (exact) mass is 228 g/mol. The van der Waals surface area contributed by atoms with E-state index in [0.717, 1.165) is 16.3 Å². The predicted octanol–water partition coefficient (Wildman–Crippen LogP) is 1.36. The van der Waals surface area contributed by atoms with Crippen LogP contribution in [0, 0.1) is 0 Å². The number of hydrogen-bond acceptors (Lipinski definition) is 5. The number of aryl methyl sites for hydroxylation is 1. The molecule has 0 aromatic carbocycles. The molecule has 0 fully saturated rings. The van der Waals surface area contributed by atoms with Gasteiger partial charge in [-0.3, -0.25) is 4.79 Å². The third-order valence-electron chi connectivity index (χ3n) is 1.78. The molecule has 4 nitrogen and oxygen atoms in total. The Labute approximate surface area is 93.7 Å². The first-order valence-corrected chi connectivity index (χ1v) is 5.87. The second-order valence-corrected chi connectivity index (χ2v) is 4.18. The lowest BCUT2D eigenvalue weighted by molar-refractivity contribution is -0.142. The number of rotatable bonds is 6. The van der Waals surface area contributed by atoms with E-state index in [1.54, 1.807) is 18.3 Å². The Morgan fingerprint density at radius 2 is 2.40 bits per heavy atom. The van der Waals surface area contributed by atoms with Gasteiger partial charge >= 0.3 is 5.97 Å². The zero-order chi connectivity index (χ0) is 11.1. The van der Waals surface area contributed by atoms with Crippen molar-refractivity contribution in [1.82, 2.24) is 10.3 Å². The molecule has 0 spiro atoms. The molecule has 0 aliphatic heterocycles. The van der Waals surface area contributed by atoms with Crippen molar-refractivity contribution in [3.8, 4) is 0 Å². The third-order valence-corrected chi connectivity index (χ3v) is 2.92. The van der Waals surface area contributed by atoms with E-state index in [1.807, 2.05) is 6.20 Å². The summed E-state index contributed by atoms with van der Waals surface area (Å²) in [5.74, 6) is -0.210. The molecule has 0 aliphatic rings. The maximum Gasteiger partial charge on any atom is 0.319 e. The van der Waals surface area contributed by atoms with Crippen LogP contribution in [0.2, 0.25) is 0 Å². The van der Waals surface area contributed by atoms with Crippen molar-refractivity contribution < 1.29 is 9.53 Å². The number of carbonyl (C=O) groups is 1. The summed E-state index contributed by atoms with van der Waals surface area (Å²) in [6.07, 6.45) is 2.81. The molecule has 5 heteroatoms. The van der Waals surface area contributed by atoms with E-state index >= 15 is 0 Å². The molecule has 0 unspecified atom stereocenters. The van der Waals surface area contributed by atoms with Gasteiger partial charge in [-0.2, -0.15) is 0 Å². The van der Waals surface area contributed by atoms with Gasteiger partial charge in [0, 0.05) is 17.6 Å². The van der Waals surface area contributed by atoms with Gasteiger partial charge in [-0.25, -0.2) is 4.98 Å². The van der Waals surface area contributed by atoms with Gasteiger partial charge in [0.25, 0.3) is 0 Å². The van der Waals surface area contributed by atoms with Crippen LogP contribution in [0.5, 0.6) is 0 Å². The summed E-state index contributed by atoms with van der Waals surface area (Å²) in [4.78, 5) is 16.4. The number of hydrogen-bond donors (Lipinski definition) is 1. The molecular weight excluding hydrogens is 212 g/mol. The summed E-state index contributed by atoms with van der Waals surface area (Å²) in [5.41, 5.74) is 0. The fourth-order valence-corrected chi connectivity index (χ4v) is 1.93. The second kappa shape index (κ2) is 6.53. The van der Waals surface area contributed by atoms with Gasteiger partial charge in [0.05, 0.1) is 18.2 Å². The molecule has 84 valence electrons. The first-order chi connectivity index (χ1) is 7.26. The summed E-state index contributed by atoms with van der Waals surface area (Å²) in [6, 6.07) is 0. The van der Waals surface area contributed by atoms with E-state index in [0.29, 0.717) is 13.2 Å². The Bertz CT molecular complexity index is 312. The SMILES string of the molecule is CCOC(=O)CNCc1cnc(CC)s1. The number of nitrogens with zero attached hydrogens (tertiary/aromatic N) is 1. The molecule has 15 heavy (non-hydrogen) atoms. The van der Waals surface area contributed by atoms with Crippen LogP contribution in [0.3, 0.4) is 0 Å². The number of carbonyl (C=O) groups excluding carboxylic acids is 1. The van der Waals surface area contributed by atoms with Gasteiger partial charge < -0.3 is 10.1 Å². The van der Waals surface area contributed by atoms with Crippen LogP contribution in [0.4, 0.5) is 0 Å². The van der Waals surface area contributed by atoms with Gasteiger partial charge in [-0.05, 0) is 13.3 Å². The largest absolute Gasteiger partial charge is 0.465 e. The van der Waals surface area contributed by atoms with Crippen LogP contribution in [-0.4, -0.2) is 24.1 Å². The third kappa shape index (κ3) is 4.40. The molecule has 0 bridgehead atoms. The maximum absolute atomic E-state index is 11.0. The number of nitrogens with one attached hydrogen (secondary N) is 1. The van der Waals surface area contributed by atoms with Crippen LogP contribution >= 0.6 is 11.3 Å². The van der Waals surface area contributed by atoms with Crippen molar-refractivity contribution in [2.24, 2.45) is 0 Å². The molecule has 1 rings (SSSR count). The molecule has 0 radical (unpaired) electrons. The fraction of sp³-hybridized carbons (Fsp3) is 0.600. The highest BCUT2D eigenvalue weighted by atomic mass is 32.1. The van der Waals surface area contributed by atoms with Crippen molar-refractivity contribution in [3.63, 3.8) is 0 Å². The first kappa shape index (κ1) is 12.1. The minimum absolute atomic E-state index is 0.210. The Kier molecular flexibility index (Phi) is 5.28. The van der Waals surface area contributed by atoms with Gasteiger partial charge in [0.15, 0.2) is 0 Å². The Hall–Kier alpha value is -0.940. The van der Waals surface area contributed by atoms with Crippen LogP contribution in [0.25, 0.3) is 0 Å². The fourth-order valence-electron chi connectivity index (χ4n) is 1.09. The molecular formula is C10H16N2O2S. The highest BCUT2D eigenvalue weighted by molar-refractivity contribution is 7.11. The summed E-state index contributed by atoms with van der Waals surface area (Å²) >= 11 is 1.67.